The molecular weight excluding hydrogens is 320 g/mol. The molecule has 1 fully saturated rings. The molecule has 0 bridgehead atoms. The zero-order chi connectivity index (χ0) is 17.6. The molecule has 1 heterocycles. The molecule has 3 rings (SSSR count). The van der Waals surface area contributed by atoms with Crippen molar-refractivity contribution in [2.45, 2.75) is 6.04 Å². The van der Waals surface area contributed by atoms with Gasteiger partial charge in [-0.2, -0.15) is 0 Å². The number of hydrogen-bond donors (Lipinski definition) is 2. The topological polar surface area (TPSA) is 71.0 Å². The van der Waals surface area contributed by atoms with E-state index in [1.807, 2.05) is 48.5 Å². The van der Waals surface area contributed by atoms with Crippen molar-refractivity contribution in [1.82, 2.24) is 4.90 Å². The van der Waals surface area contributed by atoms with Gasteiger partial charge in [0.2, 0.25) is 0 Å². The van der Waals surface area contributed by atoms with E-state index >= 15 is 0 Å². The molecule has 0 aromatic heterocycles. The molecule has 2 aromatic carbocycles. The zero-order valence-electron chi connectivity index (χ0n) is 14.1. The van der Waals surface area contributed by atoms with E-state index in [-0.39, 0.29) is 18.7 Å². The Morgan fingerprint density at radius 3 is 2.80 bits per heavy atom. The summed E-state index contributed by atoms with van der Waals surface area (Å²) in [6, 6.07) is 15.0. The first kappa shape index (κ1) is 17.3. The lowest BCUT2D eigenvalue weighted by atomic mass is 10.0. The largest absolute Gasteiger partial charge is 0.495 e. The SMILES string of the molecule is COc1ccc(-c2ccccc2)cc1NC(=O)N1CCOC[C@H]1CO. The minimum absolute atomic E-state index is 0.130. The number of urea groups is 1. The van der Waals surface area contributed by atoms with Crippen molar-refractivity contribution in [2.24, 2.45) is 0 Å². The molecule has 6 nitrogen and oxygen atoms in total. The van der Waals surface area contributed by atoms with Gasteiger partial charge in [-0.05, 0) is 23.3 Å². The Labute approximate surface area is 147 Å². The average molecular weight is 342 g/mol. The fraction of sp³-hybridized carbons (Fsp3) is 0.316. The molecule has 0 saturated carbocycles. The van der Waals surface area contributed by atoms with E-state index < -0.39 is 0 Å². The van der Waals surface area contributed by atoms with Crippen LogP contribution in [0, 0.1) is 0 Å². The minimum atomic E-state index is -0.336. The third kappa shape index (κ3) is 3.92. The van der Waals surface area contributed by atoms with E-state index in [4.69, 9.17) is 9.47 Å². The smallest absolute Gasteiger partial charge is 0.322 e. The number of morpholine rings is 1. The summed E-state index contributed by atoms with van der Waals surface area (Å²) < 4.78 is 10.7. The van der Waals surface area contributed by atoms with Crippen LogP contribution < -0.4 is 10.1 Å². The van der Waals surface area contributed by atoms with Crippen LogP contribution in [-0.2, 0) is 4.74 Å². The highest BCUT2D eigenvalue weighted by Gasteiger charge is 2.27. The fourth-order valence-corrected chi connectivity index (χ4v) is 2.88. The van der Waals surface area contributed by atoms with E-state index in [1.54, 1.807) is 12.0 Å². The summed E-state index contributed by atoms with van der Waals surface area (Å²) in [5.74, 6) is 0.585. The molecular formula is C19H22N2O4. The summed E-state index contributed by atoms with van der Waals surface area (Å²) in [6.07, 6.45) is 0. The number of nitrogens with zero attached hydrogens (tertiary/aromatic N) is 1. The first-order chi connectivity index (χ1) is 12.2. The quantitative estimate of drug-likeness (QED) is 0.896. The van der Waals surface area contributed by atoms with Gasteiger partial charge in [0.15, 0.2) is 0 Å². The highest BCUT2D eigenvalue weighted by Crippen LogP contribution is 2.31. The van der Waals surface area contributed by atoms with Crippen LogP contribution in [0.2, 0.25) is 0 Å². The number of rotatable bonds is 4. The van der Waals surface area contributed by atoms with Gasteiger partial charge in [0.25, 0.3) is 0 Å². The predicted octanol–water partition coefficient (Wildman–Crippen LogP) is 2.59. The Kier molecular flexibility index (Phi) is 5.53. The highest BCUT2D eigenvalue weighted by atomic mass is 16.5. The maximum absolute atomic E-state index is 12.6. The van der Waals surface area contributed by atoms with Crippen LogP contribution in [0.5, 0.6) is 5.75 Å². The normalized spacial score (nSPS) is 17.2. The van der Waals surface area contributed by atoms with Gasteiger partial charge in [0.1, 0.15) is 5.75 Å². The number of nitrogens with one attached hydrogen (secondary N) is 1. The highest BCUT2D eigenvalue weighted by molar-refractivity contribution is 5.92. The molecule has 132 valence electrons. The molecule has 0 aliphatic carbocycles. The third-order valence-electron chi connectivity index (χ3n) is 4.25. The van der Waals surface area contributed by atoms with E-state index in [0.717, 1.165) is 11.1 Å². The number of aliphatic hydroxyl groups is 1. The Balaban J connectivity index is 1.84. The summed E-state index contributed by atoms with van der Waals surface area (Å²) in [5, 5.41) is 12.3. The summed E-state index contributed by atoms with van der Waals surface area (Å²) in [5.41, 5.74) is 2.63. The van der Waals surface area contributed by atoms with Gasteiger partial charge in [-0.1, -0.05) is 36.4 Å². The molecule has 1 aliphatic heterocycles. The van der Waals surface area contributed by atoms with E-state index in [9.17, 15) is 9.90 Å². The van der Waals surface area contributed by atoms with E-state index in [1.165, 1.54) is 0 Å². The first-order valence-corrected chi connectivity index (χ1v) is 8.22. The van der Waals surface area contributed by atoms with Crippen LogP contribution in [0.25, 0.3) is 11.1 Å². The second kappa shape index (κ2) is 8.00. The molecule has 0 spiro atoms. The second-order valence-electron chi connectivity index (χ2n) is 5.82. The monoisotopic (exact) mass is 342 g/mol. The second-order valence-corrected chi connectivity index (χ2v) is 5.82. The summed E-state index contributed by atoms with van der Waals surface area (Å²) in [6.45, 7) is 1.11. The number of amides is 2. The van der Waals surface area contributed by atoms with Crippen molar-refractivity contribution in [1.29, 1.82) is 0 Å². The number of methoxy groups -OCH3 is 1. The lowest BCUT2D eigenvalue weighted by molar-refractivity contribution is -0.00485. The van der Waals surface area contributed by atoms with E-state index in [0.29, 0.717) is 31.2 Å². The summed E-state index contributed by atoms with van der Waals surface area (Å²) in [4.78, 5) is 14.2. The van der Waals surface area contributed by atoms with Gasteiger partial charge in [-0.15, -0.1) is 0 Å². The molecule has 25 heavy (non-hydrogen) atoms. The Morgan fingerprint density at radius 1 is 1.28 bits per heavy atom. The van der Waals surface area contributed by atoms with Crippen LogP contribution in [0.4, 0.5) is 10.5 Å². The molecule has 2 aromatic rings. The van der Waals surface area contributed by atoms with Gasteiger partial charge in [0.05, 0.1) is 38.7 Å². The summed E-state index contributed by atoms with van der Waals surface area (Å²) >= 11 is 0. The Hall–Kier alpha value is -2.57. The third-order valence-corrected chi connectivity index (χ3v) is 4.25. The van der Waals surface area contributed by atoms with Crippen molar-refractivity contribution >= 4 is 11.7 Å². The molecule has 2 amide bonds. The number of carbonyl (C=O) groups excluding carboxylic acids is 1. The number of anilines is 1. The molecule has 1 atom stereocenters. The van der Waals surface area contributed by atoms with Crippen LogP contribution >= 0.6 is 0 Å². The minimum Gasteiger partial charge on any atom is -0.495 e. The Morgan fingerprint density at radius 2 is 2.08 bits per heavy atom. The van der Waals surface area contributed by atoms with Crippen molar-refractivity contribution < 1.29 is 19.4 Å². The van der Waals surface area contributed by atoms with Crippen molar-refractivity contribution in [3.05, 3.63) is 48.5 Å². The number of ether oxygens (including phenoxy) is 2. The molecule has 0 radical (unpaired) electrons. The van der Waals surface area contributed by atoms with Crippen LogP contribution in [0.1, 0.15) is 0 Å². The number of carbonyl (C=O) groups is 1. The zero-order valence-corrected chi connectivity index (χ0v) is 14.1. The van der Waals surface area contributed by atoms with Crippen molar-refractivity contribution in [3.8, 4) is 16.9 Å². The van der Waals surface area contributed by atoms with Gasteiger partial charge < -0.3 is 24.8 Å². The van der Waals surface area contributed by atoms with Gasteiger partial charge in [0, 0.05) is 6.54 Å². The lowest BCUT2D eigenvalue weighted by Crippen LogP contribution is -2.52. The first-order valence-electron chi connectivity index (χ1n) is 8.22. The maximum atomic E-state index is 12.6. The number of hydrogen-bond acceptors (Lipinski definition) is 4. The number of benzene rings is 2. The lowest BCUT2D eigenvalue weighted by Gasteiger charge is -2.34. The van der Waals surface area contributed by atoms with Crippen LogP contribution in [0.3, 0.4) is 0 Å². The Bertz CT molecular complexity index is 721. The van der Waals surface area contributed by atoms with E-state index in [2.05, 4.69) is 5.32 Å². The average Bonchev–Trinajstić information content (AvgIpc) is 2.68. The van der Waals surface area contributed by atoms with Gasteiger partial charge >= 0.3 is 6.03 Å². The van der Waals surface area contributed by atoms with Crippen molar-refractivity contribution in [3.63, 3.8) is 0 Å². The standard InChI is InChI=1S/C19H22N2O4/c1-24-18-8-7-15(14-5-3-2-4-6-14)11-17(18)20-19(23)21-9-10-25-13-16(21)12-22/h2-8,11,16,22H,9-10,12-13H2,1H3,(H,20,23)/t16-/m1/s1. The molecule has 0 unspecified atom stereocenters. The molecule has 1 saturated heterocycles. The maximum Gasteiger partial charge on any atom is 0.322 e. The van der Waals surface area contributed by atoms with Crippen LogP contribution in [0.15, 0.2) is 48.5 Å². The molecule has 1 aliphatic rings. The van der Waals surface area contributed by atoms with Gasteiger partial charge in [-0.3, -0.25) is 0 Å². The molecule has 6 heteroatoms. The predicted molar refractivity (Wildman–Crippen MR) is 95.8 cm³/mol. The molecule has 2 N–H and O–H groups in total. The van der Waals surface area contributed by atoms with Gasteiger partial charge in [-0.25, -0.2) is 4.79 Å². The fourth-order valence-electron chi connectivity index (χ4n) is 2.88. The number of aliphatic hydroxyl groups excluding tert-OH is 1. The van der Waals surface area contributed by atoms with Crippen LogP contribution in [-0.4, -0.2) is 55.6 Å². The summed E-state index contributed by atoms with van der Waals surface area (Å²) in [7, 11) is 1.57. The van der Waals surface area contributed by atoms with Crippen molar-refractivity contribution in [2.75, 3.05) is 38.8 Å².